The van der Waals surface area contributed by atoms with Crippen molar-refractivity contribution in [2.24, 2.45) is 10.9 Å². The standard InChI is InChI=1S/C5H6Cl2N4O/c6-4-5(7)11(2-9-4)1-3(8)10-12/h2,12H,1H2,(H2,8,10). The van der Waals surface area contributed by atoms with Crippen LogP contribution in [0.1, 0.15) is 0 Å². The van der Waals surface area contributed by atoms with Crippen molar-refractivity contribution >= 4 is 29.0 Å². The third kappa shape index (κ3) is 1.80. The summed E-state index contributed by atoms with van der Waals surface area (Å²) in [5.41, 5.74) is 5.23. The fourth-order valence-corrected chi connectivity index (χ4v) is 0.964. The van der Waals surface area contributed by atoms with Gasteiger partial charge in [0, 0.05) is 0 Å². The van der Waals surface area contributed by atoms with Gasteiger partial charge in [0.1, 0.15) is 5.15 Å². The number of nitrogens with two attached hydrogens (primary N) is 1. The third-order valence-electron chi connectivity index (χ3n) is 1.19. The van der Waals surface area contributed by atoms with Gasteiger partial charge in [0.15, 0.2) is 11.0 Å². The van der Waals surface area contributed by atoms with Gasteiger partial charge in [-0.1, -0.05) is 28.4 Å². The highest BCUT2D eigenvalue weighted by Gasteiger charge is 2.06. The Morgan fingerprint density at radius 2 is 2.42 bits per heavy atom. The summed E-state index contributed by atoms with van der Waals surface area (Å²) in [7, 11) is 0. The Morgan fingerprint density at radius 3 is 2.83 bits per heavy atom. The van der Waals surface area contributed by atoms with E-state index in [2.05, 4.69) is 10.1 Å². The number of rotatable bonds is 2. The molecule has 3 N–H and O–H groups in total. The fourth-order valence-electron chi connectivity index (χ4n) is 0.659. The number of hydrogen-bond acceptors (Lipinski definition) is 3. The van der Waals surface area contributed by atoms with E-state index >= 15 is 0 Å². The van der Waals surface area contributed by atoms with E-state index < -0.39 is 0 Å². The Kier molecular flexibility index (Phi) is 2.78. The lowest BCUT2D eigenvalue weighted by Crippen LogP contribution is -2.18. The monoisotopic (exact) mass is 208 g/mol. The second kappa shape index (κ2) is 3.64. The minimum Gasteiger partial charge on any atom is -0.409 e. The van der Waals surface area contributed by atoms with Gasteiger partial charge in [-0.2, -0.15) is 0 Å². The van der Waals surface area contributed by atoms with Crippen molar-refractivity contribution < 1.29 is 5.21 Å². The molecule has 1 rings (SSSR count). The molecule has 0 unspecified atom stereocenters. The summed E-state index contributed by atoms with van der Waals surface area (Å²) in [6.45, 7) is 0.162. The van der Waals surface area contributed by atoms with E-state index in [4.69, 9.17) is 34.1 Å². The van der Waals surface area contributed by atoms with E-state index in [0.717, 1.165) is 0 Å². The molecular weight excluding hydrogens is 203 g/mol. The summed E-state index contributed by atoms with van der Waals surface area (Å²) in [5.74, 6) is 0.0333. The molecule has 0 aliphatic carbocycles. The molecule has 0 amide bonds. The van der Waals surface area contributed by atoms with Crippen LogP contribution in [0.15, 0.2) is 11.5 Å². The molecule has 0 bridgehead atoms. The first kappa shape index (κ1) is 9.15. The van der Waals surface area contributed by atoms with Gasteiger partial charge in [-0.15, -0.1) is 0 Å². The molecule has 0 radical (unpaired) electrons. The van der Waals surface area contributed by atoms with Crippen LogP contribution in [-0.2, 0) is 6.54 Å². The quantitative estimate of drug-likeness (QED) is 0.329. The molecule has 66 valence electrons. The number of aromatic nitrogens is 2. The summed E-state index contributed by atoms with van der Waals surface area (Å²) in [6, 6.07) is 0. The second-order valence-electron chi connectivity index (χ2n) is 2.05. The van der Waals surface area contributed by atoms with Crippen LogP contribution >= 0.6 is 23.2 Å². The van der Waals surface area contributed by atoms with Gasteiger partial charge in [-0.3, -0.25) is 0 Å². The zero-order valence-corrected chi connectivity index (χ0v) is 7.42. The predicted molar refractivity (Wildman–Crippen MR) is 45.7 cm³/mol. The van der Waals surface area contributed by atoms with Crippen molar-refractivity contribution in [3.63, 3.8) is 0 Å². The molecule has 5 nitrogen and oxygen atoms in total. The number of oxime groups is 1. The zero-order valence-electron chi connectivity index (χ0n) is 5.91. The molecule has 0 saturated carbocycles. The maximum atomic E-state index is 8.25. The zero-order chi connectivity index (χ0) is 9.14. The molecule has 0 atom stereocenters. The van der Waals surface area contributed by atoms with Crippen LogP contribution in [0.4, 0.5) is 0 Å². The molecule has 7 heteroatoms. The first-order valence-electron chi connectivity index (χ1n) is 2.97. The van der Waals surface area contributed by atoms with E-state index in [1.807, 2.05) is 0 Å². The summed E-state index contributed by atoms with van der Waals surface area (Å²) in [4.78, 5) is 3.71. The van der Waals surface area contributed by atoms with Crippen LogP contribution in [0.5, 0.6) is 0 Å². The Bertz CT molecular complexity index is 308. The Labute approximate surface area is 78.4 Å². The third-order valence-corrected chi connectivity index (χ3v) is 1.96. The van der Waals surface area contributed by atoms with Gasteiger partial charge >= 0.3 is 0 Å². The van der Waals surface area contributed by atoms with E-state index in [-0.39, 0.29) is 22.7 Å². The van der Waals surface area contributed by atoms with Crippen LogP contribution < -0.4 is 5.73 Å². The molecule has 1 aromatic heterocycles. The number of halogens is 2. The first-order valence-corrected chi connectivity index (χ1v) is 3.73. The number of hydrogen-bond donors (Lipinski definition) is 2. The molecule has 0 aliphatic heterocycles. The average molecular weight is 209 g/mol. The minimum absolute atomic E-state index is 0.0333. The normalized spacial score (nSPS) is 12.0. The molecule has 12 heavy (non-hydrogen) atoms. The lowest BCUT2D eigenvalue weighted by Gasteiger charge is -2.00. The Morgan fingerprint density at radius 1 is 1.75 bits per heavy atom. The molecule has 1 aromatic rings. The summed E-state index contributed by atoms with van der Waals surface area (Å²) < 4.78 is 1.46. The van der Waals surface area contributed by atoms with E-state index in [1.165, 1.54) is 10.9 Å². The average Bonchev–Trinajstić information content (AvgIpc) is 2.36. The van der Waals surface area contributed by atoms with Crippen molar-refractivity contribution in [2.45, 2.75) is 6.54 Å². The van der Waals surface area contributed by atoms with Gasteiger partial charge in [0.2, 0.25) is 0 Å². The van der Waals surface area contributed by atoms with Crippen molar-refractivity contribution in [1.82, 2.24) is 9.55 Å². The van der Waals surface area contributed by atoms with E-state index in [9.17, 15) is 0 Å². The van der Waals surface area contributed by atoms with Gasteiger partial charge < -0.3 is 15.5 Å². The largest absolute Gasteiger partial charge is 0.409 e. The van der Waals surface area contributed by atoms with E-state index in [0.29, 0.717) is 0 Å². The van der Waals surface area contributed by atoms with Crippen molar-refractivity contribution in [2.75, 3.05) is 0 Å². The fraction of sp³-hybridized carbons (Fsp3) is 0.200. The molecule has 0 spiro atoms. The molecule has 0 aliphatic rings. The highest BCUT2D eigenvalue weighted by molar-refractivity contribution is 6.40. The maximum Gasteiger partial charge on any atom is 0.166 e. The smallest absolute Gasteiger partial charge is 0.166 e. The summed E-state index contributed by atoms with van der Waals surface area (Å²) in [6.07, 6.45) is 1.41. The maximum absolute atomic E-state index is 8.25. The van der Waals surface area contributed by atoms with Gasteiger partial charge in [-0.25, -0.2) is 4.98 Å². The first-order chi connectivity index (χ1) is 5.65. The van der Waals surface area contributed by atoms with Crippen molar-refractivity contribution in [3.8, 4) is 0 Å². The van der Waals surface area contributed by atoms with Gasteiger partial charge in [0.25, 0.3) is 0 Å². The second-order valence-corrected chi connectivity index (χ2v) is 2.76. The molecule has 0 fully saturated rings. The van der Waals surface area contributed by atoms with Crippen molar-refractivity contribution in [1.29, 1.82) is 0 Å². The summed E-state index contributed by atoms with van der Waals surface area (Å²) >= 11 is 11.2. The number of amidine groups is 1. The molecular formula is C5H6Cl2N4O. The van der Waals surface area contributed by atoms with Gasteiger partial charge in [0.05, 0.1) is 12.9 Å². The molecule has 0 saturated heterocycles. The van der Waals surface area contributed by atoms with Crippen LogP contribution in [0.25, 0.3) is 0 Å². The van der Waals surface area contributed by atoms with Crippen LogP contribution in [0.2, 0.25) is 10.3 Å². The highest BCUT2D eigenvalue weighted by Crippen LogP contribution is 2.18. The topological polar surface area (TPSA) is 76.4 Å². The predicted octanol–water partition coefficient (Wildman–Crippen LogP) is 0.936. The summed E-state index contributed by atoms with van der Waals surface area (Å²) in [5, 5.41) is 11.5. The lowest BCUT2D eigenvalue weighted by atomic mass is 10.6. The van der Waals surface area contributed by atoms with Gasteiger partial charge in [-0.05, 0) is 0 Å². The highest BCUT2D eigenvalue weighted by atomic mass is 35.5. The van der Waals surface area contributed by atoms with Crippen LogP contribution in [0, 0.1) is 0 Å². The Hall–Kier alpha value is -0.940. The molecule has 1 heterocycles. The lowest BCUT2D eigenvalue weighted by molar-refractivity contribution is 0.316. The SMILES string of the molecule is NC(Cn1cnc(Cl)c1Cl)=NO. The van der Waals surface area contributed by atoms with Crippen molar-refractivity contribution in [3.05, 3.63) is 16.6 Å². The van der Waals surface area contributed by atoms with Crippen LogP contribution in [-0.4, -0.2) is 20.6 Å². The number of nitrogens with zero attached hydrogens (tertiary/aromatic N) is 3. The number of imidazole rings is 1. The van der Waals surface area contributed by atoms with E-state index in [1.54, 1.807) is 0 Å². The minimum atomic E-state index is 0.0333. The molecule has 0 aromatic carbocycles. The Balaban J connectivity index is 2.83. The van der Waals surface area contributed by atoms with Crippen LogP contribution in [0.3, 0.4) is 0 Å².